The number of aromatic nitrogens is 1. The molecule has 4 rings (SSSR count). The Balaban J connectivity index is 1.29. The molecule has 1 amide bonds. The molecule has 1 N–H and O–H groups in total. The van der Waals surface area contributed by atoms with Gasteiger partial charge in [0.1, 0.15) is 11.3 Å². The van der Waals surface area contributed by atoms with Gasteiger partial charge in [0.2, 0.25) is 5.91 Å². The molecule has 0 saturated carbocycles. The maximum atomic E-state index is 13.8. The van der Waals surface area contributed by atoms with E-state index in [9.17, 15) is 9.18 Å². The molecular weight excluding hydrogens is 361 g/mol. The number of amides is 1. The van der Waals surface area contributed by atoms with Crippen molar-refractivity contribution in [1.82, 2.24) is 10.3 Å². The molecule has 0 bridgehead atoms. The van der Waals surface area contributed by atoms with Crippen LogP contribution in [0.2, 0.25) is 0 Å². The van der Waals surface area contributed by atoms with Gasteiger partial charge in [-0.2, -0.15) is 0 Å². The summed E-state index contributed by atoms with van der Waals surface area (Å²) in [5, 5.41) is 3.91. The average molecular weight is 383 g/mol. The van der Waals surface area contributed by atoms with Gasteiger partial charge in [-0.15, -0.1) is 0 Å². The van der Waals surface area contributed by atoms with E-state index in [1.54, 1.807) is 6.07 Å². The van der Waals surface area contributed by atoms with Crippen molar-refractivity contribution in [3.63, 3.8) is 0 Å². The first kappa shape index (κ1) is 17.9. The number of benzene rings is 2. The van der Waals surface area contributed by atoms with E-state index in [2.05, 4.69) is 27.3 Å². The number of halogens is 1. The average Bonchev–Trinajstić information content (AvgIpc) is 3.15. The quantitative estimate of drug-likeness (QED) is 0.724. The van der Waals surface area contributed by atoms with Crippen LogP contribution in [0, 0.1) is 11.7 Å². The maximum Gasteiger partial charge on any atom is 0.223 e. The molecule has 2 aromatic carbocycles. The highest BCUT2D eigenvalue weighted by Gasteiger charge is 2.26. The molecule has 6 heteroatoms. The summed E-state index contributed by atoms with van der Waals surface area (Å²) in [5.41, 5.74) is 1.67. The van der Waals surface area contributed by atoms with Crippen LogP contribution in [0.25, 0.3) is 10.2 Å². The topological polar surface area (TPSA) is 45.2 Å². The smallest absolute Gasteiger partial charge is 0.223 e. The Morgan fingerprint density at radius 2 is 1.93 bits per heavy atom. The largest absolute Gasteiger partial charge is 0.356 e. The van der Waals surface area contributed by atoms with Crippen molar-refractivity contribution in [3.05, 3.63) is 59.9 Å². The molecule has 1 aliphatic heterocycles. The van der Waals surface area contributed by atoms with Gasteiger partial charge in [-0.25, -0.2) is 9.37 Å². The number of anilines is 1. The van der Waals surface area contributed by atoms with Crippen LogP contribution >= 0.6 is 11.3 Å². The lowest BCUT2D eigenvalue weighted by Gasteiger charge is -2.31. The number of nitrogens with one attached hydrogen (secondary N) is 1. The minimum Gasteiger partial charge on any atom is -0.356 e. The Morgan fingerprint density at radius 3 is 2.67 bits per heavy atom. The van der Waals surface area contributed by atoms with Gasteiger partial charge < -0.3 is 10.2 Å². The van der Waals surface area contributed by atoms with E-state index in [0.29, 0.717) is 12.1 Å². The number of hydrogen-bond acceptors (Lipinski definition) is 4. The molecule has 0 unspecified atom stereocenters. The summed E-state index contributed by atoms with van der Waals surface area (Å²) in [7, 11) is 0. The molecule has 2 heterocycles. The molecule has 27 heavy (non-hydrogen) atoms. The van der Waals surface area contributed by atoms with Crippen molar-refractivity contribution in [2.24, 2.45) is 5.92 Å². The summed E-state index contributed by atoms with van der Waals surface area (Å²) in [5.74, 6) is -0.0910. The molecule has 0 spiro atoms. The summed E-state index contributed by atoms with van der Waals surface area (Å²) in [6.45, 7) is 2.22. The first-order valence-corrected chi connectivity index (χ1v) is 10.1. The first-order chi connectivity index (χ1) is 13.2. The third kappa shape index (κ3) is 4.11. The van der Waals surface area contributed by atoms with Crippen LogP contribution in [-0.4, -0.2) is 30.5 Å². The predicted octanol–water partition coefficient (Wildman–Crippen LogP) is 4.01. The zero-order chi connectivity index (χ0) is 18.6. The summed E-state index contributed by atoms with van der Waals surface area (Å²) >= 11 is 1.51. The van der Waals surface area contributed by atoms with Gasteiger partial charge in [0.15, 0.2) is 5.13 Å². The third-order valence-electron chi connectivity index (χ3n) is 5.05. The van der Waals surface area contributed by atoms with Crippen LogP contribution in [0.1, 0.15) is 18.4 Å². The van der Waals surface area contributed by atoms with Crippen molar-refractivity contribution in [3.8, 4) is 0 Å². The minimum atomic E-state index is -0.275. The lowest BCUT2D eigenvalue weighted by molar-refractivity contribution is -0.125. The summed E-state index contributed by atoms with van der Waals surface area (Å²) in [6.07, 6.45) is 2.45. The number of carbonyl (C=O) groups is 1. The molecule has 1 fully saturated rings. The zero-order valence-electron chi connectivity index (χ0n) is 15.0. The predicted molar refractivity (Wildman–Crippen MR) is 108 cm³/mol. The van der Waals surface area contributed by atoms with Gasteiger partial charge in [-0.3, -0.25) is 4.79 Å². The fourth-order valence-electron chi connectivity index (χ4n) is 3.49. The minimum absolute atomic E-state index is 0.0446. The van der Waals surface area contributed by atoms with E-state index in [0.717, 1.165) is 42.2 Å². The molecule has 1 aromatic heterocycles. The monoisotopic (exact) mass is 383 g/mol. The molecule has 0 aliphatic carbocycles. The molecule has 4 nitrogen and oxygen atoms in total. The van der Waals surface area contributed by atoms with Crippen molar-refractivity contribution >= 4 is 32.6 Å². The van der Waals surface area contributed by atoms with Crippen molar-refractivity contribution in [2.45, 2.75) is 19.3 Å². The van der Waals surface area contributed by atoms with Gasteiger partial charge in [-0.05, 0) is 37.0 Å². The van der Waals surface area contributed by atoms with Gasteiger partial charge >= 0.3 is 0 Å². The number of thiazole rings is 1. The first-order valence-electron chi connectivity index (χ1n) is 9.32. The number of carbonyl (C=O) groups excluding carboxylic acids is 1. The Morgan fingerprint density at radius 1 is 1.15 bits per heavy atom. The van der Waals surface area contributed by atoms with Crippen molar-refractivity contribution in [2.75, 3.05) is 24.5 Å². The van der Waals surface area contributed by atoms with Gasteiger partial charge in [0.25, 0.3) is 0 Å². The number of para-hydroxylation sites is 1. The highest BCUT2D eigenvalue weighted by Crippen LogP contribution is 2.32. The third-order valence-corrected chi connectivity index (χ3v) is 6.13. The summed E-state index contributed by atoms with van der Waals surface area (Å²) in [6, 6.07) is 15.2. The van der Waals surface area contributed by atoms with Crippen LogP contribution in [-0.2, 0) is 11.2 Å². The molecule has 0 radical (unpaired) electrons. The Kier molecular flexibility index (Phi) is 5.34. The van der Waals surface area contributed by atoms with Crippen LogP contribution in [0.5, 0.6) is 0 Å². The second-order valence-electron chi connectivity index (χ2n) is 6.87. The van der Waals surface area contributed by atoms with E-state index in [1.165, 1.54) is 23.0 Å². The number of piperidine rings is 1. The lowest BCUT2D eigenvalue weighted by Crippen LogP contribution is -2.41. The van der Waals surface area contributed by atoms with E-state index >= 15 is 0 Å². The second kappa shape index (κ2) is 8.05. The Hall–Kier alpha value is -2.47. The molecule has 0 atom stereocenters. The van der Waals surface area contributed by atoms with Crippen LogP contribution in [0.15, 0.2) is 48.5 Å². The number of hydrogen-bond donors (Lipinski definition) is 1. The molecule has 140 valence electrons. The SMILES string of the molecule is O=C(NCCc1ccccc1)C1CCN(c2nc3c(F)cccc3s2)CC1. The highest BCUT2D eigenvalue weighted by atomic mass is 32.1. The van der Waals surface area contributed by atoms with Crippen molar-refractivity contribution in [1.29, 1.82) is 0 Å². The van der Waals surface area contributed by atoms with E-state index in [4.69, 9.17) is 0 Å². The molecule has 3 aromatic rings. The normalized spacial score (nSPS) is 15.2. The highest BCUT2D eigenvalue weighted by molar-refractivity contribution is 7.22. The maximum absolute atomic E-state index is 13.8. The van der Waals surface area contributed by atoms with E-state index in [-0.39, 0.29) is 17.6 Å². The molecule has 1 saturated heterocycles. The van der Waals surface area contributed by atoms with Gasteiger partial charge in [0, 0.05) is 25.6 Å². The zero-order valence-corrected chi connectivity index (χ0v) is 15.8. The molecule has 1 aliphatic rings. The number of rotatable bonds is 5. The van der Waals surface area contributed by atoms with Crippen LogP contribution in [0.4, 0.5) is 9.52 Å². The summed E-state index contributed by atoms with van der Waals surface area (Å²) in [4.78, 5) is 19.0. The lowest BCUT2D eigenvalue weighted by atomic mass is 9.96. The summed E-state index contributed by atoms with van der Waals surface area (Å²) < 4.78 is 14.7. The van der Waals surface area contributed by atoms with Gasteiger partial charge in [-0.1, -0.05) is 47.7 Å². The van der Waals surface area contributed by atoms with Crippen molar-refractivity contribution < 1.29 is 9.18 Å². The Labute approximate surface area is 162 Å². The fourth-order valence-corrected chi connectivity index (χ4v) is 4.52. The van der Waals surface area contributed by atoms with Gasteiger partial charge in [0.05, 0.1) is 4.70 Å². The standard InChI is InChI=1S/C21H22FN3OS/c22-17-7-4-8-18-19(17)24-21(27-18)25-13-10-16(11-14-25)20(26)23-12-9-15-5-2-1-3-6-15/h1-8,16H,9-14H2,(H,23,26). The Bertz CT molecular complexity index is 920. The van der Waals surface area contributed by atoms with E-state index < -0.39 is 0 Å². The molecular formula is C21H22FN3OS. The fraction of sp³-hybridized carbons (Fsp3) is 0.333. The number of nitrogens with zero attached hydrogens (tertiary/aromatic N) is 2. The van der Waals surface area contributed by atoms with E-state index in [1.807, 2.05) is 24.3 Å². The van der Waals surface area contributed by atoms with Crippen LogP contribution in [0.3, 0.4) is 0 Å². The number of fused-ring (bicyclic) bond motifs is 1. The van der Waals surface area contributed by atoms with Crippen LogP contribution < -0.4 is 10.2 Å². The second-order valence-corrected chi connectivity index (χ2v) is 7.88.